The molecule has 0 radical (unpaired) electrons. The predicted octanol–water partition coefficient (Wildman–Crippen LogP) is 2.11. The van der Waals surface area contributed by atoms with Gasteiger partial charge in [0.25, 0.3) is 5.91 Å². The van der Waals surface area contributed by atoms with Crippen molar-refractivity contribution in [3.8, 4) is 0 Å². The summed E-state index contributed by atoms with van der Waals surface area (Å²) in [6, 6.07) is 2.91. The highest BCUT2D eigenvalue weighted by Gasteiger charge is 2.47. The van der Waals surface area contributed by atoms with E-state index in [1.165, 1.54) is 19.1 Å². The molecule has 1 unspecified atom stereocenters. The van der Waals surface area contributed by atoms with Crippen LogP contribution in [0.5, 0.6) is 0 Å². The Labute approximate surface area is 108 Å². The van der Waals surface area contributed by atoms with Gasteiger partial charge >= 0.3 is 0 Å². The molecule has 0 saturated carbocycles. The van der Waals surface area contributed by atoms with Crippen molar-refractivity contribution in [3.05, 3.63) is 27.7 Å². The van der Waals surface area contributed by atoms with Crippen LogP contribution in [0, 0.1) is 0 Å². The topological polar surface area (TPSA) is 66.4 Å². The molecule has 1 aliphatic heterocycles. The Hall–Kier alpha value is -1.10. The van der Waals surface area contributed by atoms with Gasteiger partial charge in [-0.3, -0.25) is 9.59 Å². The second-order valence-corrected chi connectivity index (χ2v) is 4.85. The Morgan fingerprint density at radius 3 is 2.71 bits per heavy atom. The SMILES string of the molecule is CC(=O)CC1(O)C(=O)Nc2cc(Cl)cc(Cl)c21. The number of nitrogens with one attached hydrogen (secondary N) is 1. The Morgan fingerprint density at radius 2 is 2.12 bits per heavy atom. The van der Waals surface area contributed by atoms with Gasteiger partial charge in [0.15, 0.2) is 5.60 Å². The number of aliphatic hydroxyl groups is 1. The monoisotopic (exact) mass is 273 g/mol. The minimum atomic E-state index is -1.90. The molecule has 1 aliphatic rings. The lowest BCUT2D eigenvalue weighted by atomic mass is 9.90. The Kier molecular flexibility index (Phi) is 2.89. The Morgan fingerprint density at radius 1 is 1.47 bits per heavy atom. The molecular formula is C11H9Cl2NO3. The van der Waals surface area contributed by atoms with Gasteiger partial charge in [-0.15, -0.1) is 0 Å². The van der Waals surface area contributed by atoms with Gasteiger partial charge in [0.05, 0.1) is 10.7 Å². The predicted molar refractivity (Wildman–Crippen MR) is 64.3 cm³/mol. The van der Waals surface area contributed by atoms with Crippen LogP contribution in [-0.2, 0) is 15.2 Å². The Bertz CT molecular complexity index is 530. The normalized spacial score (nSPS) is 22.2. The average Bonchev–Trinajstić information content (AvgIpc) is 2.36. The number of hydrogen-bond acceptors (Lipinski definition) is 3. The first-order chi connectivity index (χ1) is 7.84. The number of carbonyl (C=O) groups excluding carboxylic acids is 2. The van der Waals surface area contributed by atoms with E-state index >= 15 is 0 Å². The number of ketones is 1. The van der Waals surface area contributed by atoms with Gasteiger partial charge < -0.3 is 10.4 Å². The van der Waals surface area contributed by atoms with Crippen molar-refractivity contribution in [1.29, 1.82) is 0 Å². The van der Waals surface area contributed by atoms with Gasteiger partial charge in [-0.05, 0) is 19.1 Å². The van der Waals surface area contributed by atoms with E-state index in [-0.39, 0.29) is 22.8 Å². The summed E-state index contributed by atoms with van der Waals surface area (Å²) in [5.41, 5.74) is -1.34. The molecule has 4 nitrogen and oxygen atoms in total. The minimum absolute atomic E-state index is 0.162. The molecule has 0 fully saturated rings. The molecule has 1 amide bonds. The molecule has 0 saturated heterocycles. The first-order valence-electron chi connectivity index (χ1n) is 4.87. The number of fused-ring (bicyclic) bond motifs is 1. The third kappa shape index (κ3) is 1.92. The first-order valence-corrected chi connectivity index (χ1v) is 5.63. The van der Waals surface area contributed by atoms with Crippen LogP contribution in [-0.4, -0.2) is 16.8 Å². The fourth-order valence-electron chi connectivity index (χ4n) is 1.96. The summed E-state index contributed by atoms with van der Waals surface area (Å²) >= 11 is 11.8. The summed E-state index contributed by atoms with van der Waals surface area (Å²) in [4.78, 5) is 22.9. The van der Waals surface area contributed by atoms with Crippen LogP contribution in [0.3, 0.4) is 0 Å². The van der Waals surface area contributed by atoms with Crippen LogP contribution in [0.15, 0.2) is 12.1 Å². The lowest BCUT2D eigenvalue weighted by Crippen LogP contribution is -2.36. The molecule has 0 bridgehead atoms. The maximum absolute atomic E-state index is 11.7. The maximum atomic E-state index is 11.7. The molecule has 90 valence electrons. The molecule has 0 spiro atoms. The molecule has 2 N–H and O–H groups in total. The van der Waals surface area contributed by atoms with Gasteiger partial charge in [-0.2, -0.15) is 0 Å². The third-order valence-electron chi connectivity index (χ3n) is 2.60. The second-order valence-electron chi connectivity index (χ2n) is 4.00. The van der Waals surface area contributed by atoms with E-state index in [1.807, 2.05) is 0 Å². The number of carbonyl (C=O) groups is 2. The molecule has 0 aliphatic carbocycles. The van der Waals surface area contributed by atoms with Crippen molar-refractivity contribution in [2.24, 2.45) is 0 Å². The molecule has 6 heteroatoms. The number of amides is 1. The van der Waals surface area contributed by atoms with Gasteiger partial charge in [0, 0.05) is 17.0 Å². The van der Waals surface area contributed by atoms with Crippen molar-refractivity contribution < 1.29 is 14.7 Å². The number of Topliss-reactive ketones (excluding diaryl/α,β-unsaturated/α-hetero) is 1. The van der Waals surface area contributed by atoms with Crippen molar-refractivity contribution in [2.75, 3.05) is 5.32 Å². The molecule has 1 aromatic carbocycles. The summed E-state index contributed by atoms with van der Waals surface area (Å²) in [6.45, 7) is 1.30. The van der Waals surface area contributed by atoms with E-state index in [1.54, 1.807) is 0 Å². The average molecular weight is 274 g/mol. The summed E-state index contributed by atoms with van der Waals surface area (Å²) in [7, 11) is 0. The van der Waals surface area contributed by atoms with E-state index < -0.39 is 11.5 Å². The van der Waals surface area contributed by atoms with Crippen molar-refractivity contribution in [1.82, 2.24) is 0 Å². The second kappa shape index (κ2) is 3.98. The van der Waals surface area contributed by atoms with Gasteiger partial charge in [-0.25, -0.2) is 0 Å². The van der Waals surface area contributed by atoms with Gasteiger partial charge in [0.1, 0.15) is 5.78 Å². The minimum Gasteiger partial charge on any atom is -0.375 e. The molecule has 1 heterocycles. The zero-order valence-electron chi connectivity index (χ0n) is 8.88. The van der Waals surface area contributed by atoms with E-state index in [2.05, 4.69) is 5.32 Å². The largest absolute Gasteiger partial charge is 0.375 e. The summed E-state index contributed by atoms with van der Waals surface area (Å²) in [5, 5.41) is 13.3. The zero-order valence-corrected chi connectivity index (χ0v) is 10.4. The van der Waals surface area contributed by atoms with E-state index in [0.717, 1.165) is 0 Å². The number of halogens is 2. The van der Waals surface area contributed by atoms with Crippen LogP contribution in [0.1, 0.15) is 18.9 Å². The molecule has 17 heavy (non-hydrogen) atoms. The fraction of sp³-hybridized carbons (Fsp3) is 0.273. The van der Waals surface area contributed by atoms with Crippen molar-refractivity contribution in [3.63, 3.8) is 0 Å². The highest BCUT2D eigenvalue weighted by atomic mass is 35.5. The van der Waals surface area contributed by atoms with E-state index in [0.29, 0.717) is 10.7 Å². The van der Waals surface area contributed by atoms with E-state index in [9.17, 15) is 14.7 Å². The lowest BCUT2D eigenvalue weighted by molar-refractivity contribution is -0.139. The standard InChI is InChI=1S/C11H9Cl2NO3/c1-5(15)4-11(17)9-7(13)2-6(12)3-8(9)14-10(11)16/h2-3,17H,4H2,1H3,(H,14,16). The number of rotatable bonds is 2. The van der Waals surface area contributed by atoms with Crippen molar-refractivity contribution in [2.45, 2.75) is 18.9 Å². The van der Waals surface area contributed by atoms with Crippen LogP contribution in [0.2, 0.25) is 10.0 Å². The molecule has 2 rings (SSSR count). The quantitative estimate of drug-likeness (QED) is 0.868. The number of anilines is 1. The van der Waals surface area contributed by atoms with Gasteiger partial charge in [0.2, 0.25) is 0 Å². The Balaban J connectivity index is 2.61. The van der Waals surface area contributed by atoms with Crippen LogP contribution in [0.25, 0.3) is 0 Å². The maximum Gasteiger partial charge on any atom is 0.261 e. The number of benzene rings is 1. The van der Waals surface area contributed by atoms with Crippen molar-refractivity contribution >= 4 is 40.6 Å². The summed E-state index contributed by atoms with van der Waals surface area (Å²) in [5.74, 6) is -0.964. The smallest absolute Gasteiger partial charge is 0.261 e. The molecule has 1 atom stereocenters. The highest BCUT2D eigenvalue weighted by Crippen LogP contribution is 2.44. The molecule has 0 aromatic heterocycles. The molecule has 1 aromatic rings. The van der Waals surface area contributed by atoms with Gasteiger partial charge in [-0.1, -0.05) is 23.2 Å². The first kappa shape index (κ1) is 12.4. The highest BCUT2D eigenvalue weighted by molar-refractivity contribution is 6.36. The lowest BCUT2D eigenvalue weighted by Gasteiger charge is -2.20. The summed E-state index contributed by atoms with van der Waals surface area (Å²) in [6.07, 6.45) is -0.312. The molecular weight excluding hydrogens is 265 g/mol. The fourth-order valence-corrected chi connectivity index (χ4v) is 2.61. The van der Waals surface area contributed by atoms with Crippen LogP contribution >= 0.6 is 23.2 Å². The van der Waals surface area contributed by atoms with Crippen LogP contribution in [0.4, 0.5) is 5.69 Å². The van der Waals surface area contributed by atoms with Crippen LogP contribution < -0.4 is 5.32 Å². The van der Waals surface area contributed by atoms with E-state index in [4.69, 9.17) is 23.2 Å². The summed E-state index contributed by atoms with van der Waals surface area (Å²) < 4.78 is 0. The zero-order chi connectivity index (χ0) is 12.8. The number of hydrogen-bond donors (Lipinski definition) is 2. The third-order valence-corrected chi connectivity index (χ3v) is 3.11.